The number of hydrogen-bond donors (Lipinski definition) is 3. The second-order valence-electron chi connectivity index (χ2n) is 5.70. The molecule has 124 valence electrons. The third kappa shape index (κ3) is 3.12. The minimum absolute atomic E-state index is 0.489. The fourth-order valence-corrected chi connectivity index (χ4v) is 2.81. The van der Waals surface area contributed by atoms with Crippen molar-refractivity contribution in [1.82, 2.24) is 19.9 Å². The van der Waals surface area contributed by atoms with E-state index in [9.17, 15) is 4.79 Å². The Labute approximate surface area is 143 Å². The van der Waals surface area contributed by atoms with E-state index in [4.69, 9.17) is 5.73 Å². The van der Waals surface area contributed by atoms with E-state index in [-0.39, 0.29) is 0 Å². The second kappa shape index (κ2) is 6.20. The molecule has 7 nitrogen and oxygen atoms in total. The highest BCUT2D eigenvalue weighted by molar-refractivity contribution is 6.05. The van der Waals surface area contributed by atoms with Gasteiger partial charge in [-0.2, -0.15) is 4.99 Å². The van der Waals surface area contributed by atoms with Gasteiger partial charge in [0.1, 0.15) is 5.82 Å². The number of rotatable bonds is 4. The molecule has 0 aliphatic rings. The fourth-order valence-electron chi connectivity index (χ4n) is 2.81. The fraction of sp³-hybridized carbons (Fsp3) is 0.111. The number of primary amides is 1. The van der Waals surface area contributed by atoms with Crippen molar-refractivity contribution in [2.45, 2.75) is 12.8 Å². The molecule has 4 rings (SSSR count). The van der Waals surface area contributed by atoms with Gasteiger partial charge < -0.3 is 15.7 Å². The number of aliphatic imine (C=N–C) groups is 1. The van der Waals surface area contributed by atoms with E-state index in [0.29, 0.717) is 24.4 Å². The molecular formula is C18H16N6O. The van der Waals surface area contributed by atoms with Gasteiger partial charge in [0.2, 0.25) is 0 Å². The van der Waals surface area contributed by atoms with Gasteiger partial charge in [0.25, 0.3) is 0 Å². The number of benzene rings is 2. The maximum absolute atomic E-state index is 11.3. The average Bonchev–Trinajstić information content (AvgIpc) is 3.21. The van der Waals surface area contributed by atoms with Crippen molar-refractivity contribution in [3.63, 3.8) is 0 Å². The first kappa shape index (κ1) is 15.1. The number of nitrogens with one attached hydrogen (secondary N) is 2. The summed E-state index contributed by atoms with van der Waals surface area (Å²) in [5, 5.41) is 0. The number of carbonyl (C=O) groups excluding carboxylic acids is 1. The third-order valence-corrected chi connectivity index (χ3v) is 3.94. The number of aromatic nitrogens is 4. The van der Waals surface area contributed by atoms with Crippen LogP contribution >= 0.6 is 0 Å². The van der Waals surface area contributed by atoms with Crippen LogP contribution in [0.1, 0.15) is 18.1 Å². The second-order valence-corrected chi connectivity index (χ2v) is 5.70. The predicted molar refractivity (Wildman–Crippen MR) is 96.6 cm³/mol. The lowest BCUT2D eigenvalue weighted by Gasteiger charge is -2.01. The van der Waals surface area contributed by atoms with Gasteiger partial charge in [-0.1, -0.05) is 24.3 Å². The molecule has 0 fully saturated rings. The Morgan fingerprint density at radius 3 is 2.24 bits per heavy atom. The summed E-state index contributed by atoms with van der Waals surface area (Å²) in [6.45, 7) is 0. The third-order valence-electron chi connectivity index (χ3n) is 3.94. The van der Waals surface area contributed by atoms with Crippen molar-refractivity contribution in [3.05, 3.63) is 60.2 Å². The lowest BCUT2D eigenvalue weighted by Crippen LogP contribution is -2.13. The summed E-state index contributed by atoms with van der Waals surface area (Å²) < 4.78 is 0. The molecule has 4 aromatic rings. The summed E-state index contributed by atoms with van der Waals surface area (Å²) in [6.07, 6.45) is 1.08. The minimum Gasteiger partial charge on any atom is -0.350 e. The number of fused-ring (bicyclic) bond motifs is 2. The largest absolute Gasteiger partial charge is 0.350 e. The highest BCUT2D eigenvalue weighted by Gasteiger charge is 2.12. The molecule has 0 aliphatic heterocycles. The molecule has 0 radical (unpaired) electrons. The van der Waals surface area contributed by atoms with Crippen molar-refractivity contribution in [2.75, 3.05) is 0 Å². The molecule has 7 heteroatoms. The van der Waals surface area contributed by atoms with Crippen molar-refractivity contribution >= 4 is 33.8 Å². The molecule has 2 amide bonds. The van der Waals surface area contributed by atoms with Crippen LogP contribution < -0.4 is 5.73 Å². The monoisotopic (exact) mass is 332 g/mol. The molecule has 2 aromatic heterocycles. The lowest BCUT2D eigenvalue weighted by atomic mass is 10.2. The van der Waals surface area contributed by atoms with Crippen LogP contribution in [0.5, 0.6) is 0 Å². The number of carbonyl (C=O) groups is 1. The molecule has 0 atom stereocenters. The topological polar surface area (TPSA) is 113 Å². The first-order valence-corrected chi connectivity index (χ1v) is 7.95. The normalized spacial score (nSPS) is 12.1. The smallest absolute Gasteiger partial charge is 0.338 e. The Hall–Kier alpha value is -3.48. The van der Waals surface area contributed by atoms with E-state index in [1.54, 1.807) is 0 Å². The Kier molecular flexibility index (Phi) is 3.74. The standard InChI is InChI=1S/C18H16N6O/c19-18(25)24-15(17-22-13-7-3-4-8-14(13)23-17)9-10-16-20-11-5-1-2-6-12(11)21-16/h1-8H,9-10H2,(H2,19,25)(H,20,21)(H,22,23)/b24-15+. The van der Waals surface area contributed by atoms with E-state index in [1.807, 2.05) is 48.5 Å². The van der Waals surface area contributed by atoms with E-state index in [1.165, 1.54) is 0 Å². The summed E-state index contributed by atoms with van der Waals surface area (Å²) in [5.74, 6) is 1.38. The Morgan fingerprint density at radius 1 is 0.960 bits per heavy atom. The molecular weight excluding hydrogens is 316 g/mol. The average molecular weight is 332 g/mol. The van der Waals surface area contributed by atoms with Gasteiger partial charge in [0, 0.05) is 12.8 Å². The molecule has 0 saturated heterocycles. The predicted octanol–water partition coefficient (Wildman–Crippen LogP) is 2.94. The highest BCUT2D eigenvalue weighted by Crippen LogP contribution is 2.15. The molecule has 0 unspecified atom stereocenters. The van der Waals surface area contributed by atoms with Crippen LogP contribution in [0.25, 0.3) is 22.1 Å². The Bertz CT molecular complexity index is 1030. The zero-order chi connectivity index (χ0) is 17.2. The summed E-state index contributed by atoms with van der Waals surface area (Å²) in [4.78, 5) is 30.7. The maximum Gasteiger partial charge on any atom is 0.338 e. The summed E-state index contributed by atoms with van der Waals surface area (Å²) in [6, 6.07) is 14.7. The van der Waals surface area contributed by atoms with Crippen LogP contribution in [0, 0.1) is 0 Å². The number of amides is 2. The number of aromatic amines is 2. The quantitative estimate of drug-likeness (QED) is 0.499. The number of urea groups is 1. The molecule has 25 heavy (non-hydrogen) atoms. The number of aryl methyl sites for hydroxylation is 1. The van der Waals surface area contributed by atoms with Crippen molar-refractivity contribution < 1.29 is 4.79 Å². The molecule has 2 aromatic carbocycles. The zero-order valence-corrected chi connectivity index (χ0v) is 13.4. The highest BCUT2D eigenvalue weighted by atomic mass is 16.2. The first-order valence-electron chi connectivity index (χ1n) is 7.95. The van der Waals surface area contributed by atoms with E-state index in [0.717, 1.165) is 27.9 Å². The van der Waals surface area contributed by atoms with Crippen LogP contribution in [0.15, 0.2) is 53.5 Å². The SMILES string of the molecule is NC(=O)/N=C(\CCc1nc2ccccc2[nH]1)c1nc2ccccc2[nH]1. The van der Waals surface area contributed by atoms with Crippen LogP contribution in [-0.2, 0) is 6.42 Å². The van der Waals surface area contributed by atoms with Gasteiger partial charge in [-0.15, -0.1) is 0 Å². The number of H-pyrrole nitrogens is 2. The van der Waals surface area contributed by atoms with Crippen LogP contribution in [0.2, 0.25) is 0 Å². The van der Waals surface area contributed by atoms with Crippen LogP contribution in [0.3, 0.4) is 0 Å². The molecule has 0 aliphatic carbocycles. The van der Waals surface area contributed by atoms with Gasteiger partial charge in [-0.3, -0.25) is 0 Å². The summed E-state index contributed by atoms with van der Waals surface area (Å²) in [5.41, 5.74) is 9.38. The molecule has 0 spiro atoms. The van der Waals surface area contributed by atoms with Crippen LogP contribution in [0.4, 0.5) is 4.79 Å². The molecule has 0 bridgehead atoms. The summed E-state index contributed by atoms with van der Waals surface area (Å²) >= 11 is 0. The molecule has 0 saturated carbocycles. The van der Waals surface area contributed by atoms with Crippen molar-refractivity contribution in [1.29, 1.82) is 0 Å². The minimum atomic E-state index is -0.736. The molecule has 4 N–H and O–H groups in total. The van der Waals surface area contributed by atoms with Gasteiger partial charge in [-0.05, 0) is 24.3 Å². The van der Waals surface area contributed by atoms with Crippen molar-refractivity contribution in [3.8, 4) is 0 Å². The first-order chi connectivity index (χ1) is 12.2. The van der Waals surface area contributed by atoms with Crippen molar-refractivity contribution in [2.24, 2.45) is 10.7 Å². The van der Waals surface area contributed by atoms with E-state index >= 15 is 0 Å². The van der Waals surface area contributed by atoms with E-state index in [2.05, 4.69) is 24.9 Å². The van der Waals surface area contributed by atoms with Gasteiger partial charge >= 0.3 is 6.03 Å². The Balaban J connectivity index is 1.62. The number of hydrogen-bond acceptors (Lipinski definition) is 3. The van der Waals surface area contributed by atoms with Gasteiger partial charge in [0.05, 0.1) is 27.8 Å². The number of para-hydroxylation sites is 4. The number of nitrogens with zero attached hydrogens (tertiary/aromatic N) is 3. The van der Waals surface area contributed by atoms with E-state index < -0.39 is 6.03 Å². The maximum atomic E-state index is 11.3. The Morgan fingerprint density at radius 2 is 1.60 bits per heavy atom. The number of imidazole rings is 2. The molecule has 2 heterocycles. The number of nitrogens with two attached hydrogens (primary N) is 1. The lowest BCUT2D eigenvalue weighted by molar-refractivity contribution is 0.256. The van der Waals surface area contributed by atoms with Gasteiger partial charge in [0.15, 0.2) is 5.82 Å². The van der Waals surface area contributed by atoms with Crippen LogP contribution in [-0.4, -0.2) is 31.7 Å². The zero-order valence-electron chi connectivity index (χ0n) is 13.4. The summed E-state index contributed by atoms with van der Waals surface area (Å²) in [7, 11) is 0. The van der Waals surface area contributed by atoms with Gasteiger partial charge in [-0.25, -0.2) is 14.8 Å².